The van der Waals surface area contributed by atoms with Gasteiger partial charge in [-0.2, -0.15) is 0 Å². The lowest BCUT2D eigenvalue weighted by Gasteiger charge is -2.35. The van der Waals surface area contributed by atoms with Crippen LogP contribution in [0.25, 0.3) is 0 Å². The van der Waals surface area contributed by atoms with E-state index in [1.165, 1.54) is 13.1 Å². The van der Waals surface area contributed by atoms with E-state index in [4.69, 9.17) is 0 Å². The molecule has 1 heterocycles. The number of hydrogen-bond acceptors (Lipinski definition) is 3. The molecule has 0 aliphatic carbocycles. The number of likely N-dealkylation sites (N-methyl/N-ethyl adjacent to an activating group) is 1. The van der Waals surface area contributed by atoms with Gasteiger partial charge in [0.15, 0.2) is 0 Å². The molecule has 17 heavy (non-hydrogen) atoms. The van der Waals surface area contributed by atoms with Crippen molar-refractivity contribution >= 4 is 0 Å². The lowest BCUT2D eigenvalue weighted by Crippen LogP contribution is -2.50. The van der Waals surface area contributed by atoms with E-state index in [1.54, 1.807) is 0 Å². The van der Waals surface area contributed by atoms with E-state index in [2.05, 4.69) is 44.8 Å². The summed E-state index contributed by atoms with van der Waals surface area (Å²) in [7, 11) is 0. The Balaban J connectivity index is 2.50. The van der Waals surface area contributed by atoms with E-state index in [1.807, 2.05) is 0 Å². The minimum atomic E-state index is -0.136. The molecule has 0 amide bonds. The number of aliphatic hydroxyl groups excluding tert-OH is 1. The van der Waals surface area contributed by atoms with Gasteiger partial charge in [-0.3, -0.25) is 0 Å². The van der Waals surface area contributed by atoms with Gasteiger partial charge in [0, 0.05) is 24.7 Å². The largest absolute Gasteiger partial charge is 0.394 e. The lowest BCUT2D eigenvalue weighted by molar-refractivity contribution is 0.125. The van der Waals surface area contributed by atoms with Gasteiger partial charge in [-0.1, -0.05) is 20.8 Å². The molecule has 3 nitrogen and oxygen atoms in total. The van der Waals surface area contributed by atoms with E-state index in [9.17, 15) is 5.11 Å². The summed E-state index contributed by atoms with van der Waals surface area (Å²) in [5.74, 6) is 1.61. The fraction of sp³-hybridized carbons (Fsp3) is 1.00. The van der Waals surface area contributed by atoms with Crippen LogP contribution in [0.2, 0.25) is 0 Å². The van der Waals surface area contributed by atoms with E-state index in [-0.39, 0.29) is 12.1 Å². The second-order valence-electron chi connectivity index (χ2n) is 6.21. The molecule has 1 aliphatic heterocycles. The number of rotatable bonds is 6. The molecule has 0 aromatic heterocycles. The Kier molecular flexibility index (Phi) is 5.42. The quantitative estimate of drug-likeness (QED) is 0.744. The van der Waals surface area contributed by atoms with Crippen LogP contribution < -0.4 is 5.32 Å². The molecule has 0 radical (unpaired) electrons. The summed E-state index contributed by atoms with van der Waals surface area (Å²) in [4.78, 5) is 2.57. The zero-order valence-electron chi connectivity index (χ0n) is 12.2. The van der Waals surface area contributed by atoms with Crippen molar-refractivity contribution in [2.24, 2.45) is 11.8 Å². The predicted molar refractivity (Wildman–Crippen MR) is 73.1 cm³/mol. The van der Waals surface area contributed by atoms with Crippen LogP contribution in [0.3, 0.4) is 0 Å². The lowest BCUT2D eigenvalue weighted by atomic mass is 9.93. The topological polar surface area (TPSA) is 35.5 Å². The van der Waals surface area contributed by atoms with Crippen LogP contribution in [0.1, 0.15) is 41.0 Å². The Morgan fingerprint density at radius 2 is 1.88 bits per heavy atom. The van der Waals surface area contributed by atoms with Crippen LogP contribution >= 0.6 is 0 Å². The van der Waals surface area contributed by atoms with Gasteiger partial charge in [-0.25, -0.2) is 0 Å². The molecule has 1 saturated heterocycles. The van der Waals surface area contributed by atoms with Crippen molar-refractivity contribution in [1.29, 1.82) is 0 Å². The monoisotopic (exact) mass is 242 g/mol. The average Bonchev–Trinajstić information content (AvgIpc) is 2.60. The van der Waals surface area contributed by atoms with Crippen LogP contribution in [-0.2, 0) is 0 Å². The van der Waals surface area contributed by atoms with Gasteiger partial charge in [-0.05, 0) is 38.6 Å². The van der Waals surface area contributed by atoms with E-state index < -0.39 is 0 Å². The Labute approximate surface area is 107 Å². The van der Waals surface area contributed by atoms with Crippen molar-refractivity contribution in [1.82, 2.24) is 10.2 Å². The molecule has 4 atom stereocenters. The first-order chi connectivity index (χ1) is 7.91. The second kappa shape index (κ2) is 6.17. The summed E-state index contributed by atoms with van der Waals surface area (Å²) in [5, 5.41) is 12.9. The highest BCUT2D eigenvalue weighted by Crippen LogP contribution is 2.26. The molecular formula is C14H30N2O. The Morgan fingerprint density at radius 1 is 1.35 bits per heavy atom. The van der Waals surface area contributed by atoms with Gasteiger partial charge in [0.25, 0.3) is 0 Å². The number of likely N-dealkylation sites (tertiary alicyclic amines) is 1. The first kappa shape index (κ1) is 14.9. The fourth-order valence-electron chi connectivity index (χ4n) is 2.93. The summed E-state index contributed by atoms with van der Waals surface area (Å²) in [6, 6.07) is 0.540. The summed E-state index contributed by atoms with van der Waals surface area (Å²) in [6.45, 7) is 14.7. The maximum absolute atomic E-state index is 9.53. The molecule has 102 valence electrons. The Morgan fingerprint density at radius 3 is 2.29 bits per heavy atom. The first-order valence-corrected chi connectivity index (χ1v) is 7.01. The third-order valence-electron chi connectivity index (χ3n) is 4.34. The summed E-state index contributed by atoms with van der Waals surface area (Å²) < 4.78 is 0. The molecule has 0 aromatic rings. The highest BCUT2D eigenvalue weighted by atomic mass is 16.3. The summed E-state index contributed by atoms with van der Waals surface area (Å²) in [6.07, 6.45) is 1.01. The van der Waals surface area contributed by atoms with Gasteiger partial charge >= 0.3 is 0 Å². The van der Waals surface area contributed by atoms with E-state index in [0.29, 0.717) is 6.04 Å². The van der Waals surface area contributed by atoms with Crippen LogP contribution in [0.15, 0.2) is 0 Å². The molecule has 1 fully saturated rings. The molecule has 3 heteroatoms. The van der Waals surface area contributed by atoms with Crippen LogP contribution in [0.4, 0.5) is 0 Å². The van der Waals surface area contributed by atoms with Gasteiger partial charge < -0.3 is 15.3 Å². The molecular weight excluding hydrogens is 212 g/mol. The van der Waals surface area contributed by atoms with Crippen molar-refractivity contribution in [2.75, 3.05) is 26.2 Å². The fourth-order valence-corrected chi connectivity index (χ4v) is 2.93. The van der Waals surface area contributed by atoms with Crippen molar-refractivity contribution in [3.63, 3.8) is 0 Å². The molecule has 4 unspecified atom stereocenters. The molecule has 0 bridgehead atoms. The number of nitrogens with zero attached hydrogens (tertiary/aromatic N) is 1. The van der Waals surface area contributed by atoms with Crippen molar-refractivity contribution in [3.8, 4) is 0 Å². The summed E-state index contributed by atoms with van der Waals surface area (Å²) in [5.41, 5.74) is -0.136. The van der Waals surface area contributed by atoms with Crippen LogP contribution in [0.5, 0.6) is 0 Å². The van der Waals surface area contributed by atoms with Crippen molar-refractivity contribution in [3.05, 3.63) is 0 Å². The van der Waals surface area contributed by atoms with E-state index in [0.717, 1.165) is 24.8 Å². The Hall–Kier alpha value is -0.120. The first-order valence-electron chi connectivity index (χ1n) is 7.01. The molecule has 1 aliphatic rings. The maximum Gasteiger partial charge on any atom is 0.0611 e. The standard InChI is InChI=1S/C14H30N2O/c1-6-15-14(5,10-17)7-13(4)16-8-11(2)12(3)9-16/h11-13,15,17H,6-10H2,1-5H3. The zero-order chi connectivity index (χ0) is 13.1. The normalized spacial score (nSPS) is 31.4. The zero-order valence-corrected chi connectivity index (χ0v) is 12.2. The third kappa shape index (κ3) is 3.94. The molecule has 1 rings (SSSR count). The number of hydrogen-bond donors (Lipinski definition) is 2. The average molecular weight is 242 g/mol. The van der Waals surface area contributed by atoms with Gasteiger partial charge in [0.05, 0.1) is 6.61 Å². The minimum Gasteiger partial charge on any atom is -0.394 e. The molecule has 2 N–H and O–H groups in total. The minimum absolute atomic E-state index is 0.136. The predicted octanol–water partition coefficient (Wildman–Crippen LogP) is 1.71. The summed E-state index contributed by atoms with van der Waals surface area (Å²) >= 11 is 0. The third-order valence-corrected chi connectivity index (χ3v) is 4.34. The van der Waals surface area contributed by atoms with Crippen LogP contribution in [-0.4, -0.2) is 47.8 Å². The highest BCUT2D eigenvalue weighted by molar-refractivity contribution is 4.90. The second-order valence-corrected chi connectivity index (χ2v) is 6.21. The maximum atomic E-state index is 9.53. The highest BCUT2D eigenvalue weighted by Gasteiger charge is 2.33. The van der Waals surface area contributed by atoms with Gasteiger partial charge in [-0.15, -0.1) is 0 Å². The van der Waals surface area contributed by atoms with Crippen molar-refractivity contribution in [2.45, 2.75) is 52.6 Å². The smallest absolute Gasteiger partial charge is 0.0611 e. The Bertz CT molecular complexity index is 224. The van der Waals surface area contributed by atoms with E-state index >= 15 is 0 Å². The van der Waals surface area contributed by atoms with Gasteiger partial charge in [0.1, 0.15) is 0 Å². The number of aliphatic hydroxyl groups is 1. The van der Waals surface area contributed by atoms with Gasteiger partial charge in [0.2, 0.25) is 0 Å². The molecule has 0 aromatic carbocycles. The number of nitrogens with one attached hydrogen (secondary N) is 1. The van der Waals surface area contributed by atoms with Crippen molar-refractivity contribution < 1.29 is 5.11 Å². The SMILES string of the molecule is CCNC(C)(CO)CC(C)N1CC(C)C(C)C1. The molecule has 0 spiro atoms. The molecule has 0 saturated carbocycles. The van der Waals surface area contributed by atoms with Crippen LogP contribution in [0, 0.1) is 11.8 Å².